The Hall–Kier alpha value is -1.17. The van der Waals surface area contributed by atoms with E-state index in [-0.39, 0.29) is 13.1 Å². The maximum Gasteiger partial charge on any atom is 0.247 e. The number of amides is 1. The van der Waals surface area contributed by atoms with E-state index in [9.17, 15) is 9.18 Å². The maximum atomic E-state index is 13.2. The minimum atomic E-state index is -1.28. The van der Waals surface area contributed by atoms with E-state index in [2.05, 4.69) is 5.32 Å². The lowest BCUT2D eigenvalue weighted by atomic mass is 10.2. The van der Waals surface area contributed by atoms with Gasteiger partial charge >= 0.3 is 0 Å². The van der Waals surface area contributed by atoms with Crippen LogP contribution in [0.15, 0.2) is 18.2 Å². The van der Waals surface area contributed by atoms with Gasteiger partial charge in [-0.3, -0.25) is 4.79 Å². The van der Waals surface area contributed by atoms with Crippen LogP contribution in [0.3, 0.4) is 0 Å². The van der Waals surface area contributed by atoms with E-state index in [4.69, 9.17) is 22.4 Å². The van der Waals surface area contributed by atoms with Crippen molar-refractivity contribution >= 4 is 17.5 Å². The van der Waals surface area contributed by atoms with Crippen molar-refractivity contribution in [3.63, 3.8) is 0 Å². The first kappa shape index (κ1) is 12.9. The molecule has 0 aliphatic heterocycles. The maximum absolute atomic E-state index is 13.2. The van der Waals surface area contributed by atoms with Crippen LogP contribution in [0.25, 0.3) is 0 Å². The predicted octanol–water partition coefficient (Wildman–Crippen LogP) is 0.415. The smallest absolute Gasteiger partial charge is 0.247 e. The molecule has 4 N–H and O–H groups in total. The van der Waals surface area contributed by atoms with E-state index in [1.54, 1.807) is 0 Å². The molecule has 1 amide bonds. The van der Waals surface area contributed by atoms with Gasteiger partial charge in [-0.15, -0.1) is 0 Å². The molecular weight excluding hydrogens is 235 g/mol. The highest BCUT2D eigenvalue weighted by Crippen LogP contribution is 2.14. The summed E-state index contributed by atoms with van der Waals surface area (Å²) in [6, 6.07) is 4.17. The molecule has 16 heavy (non-hydrogen) atoms. The van der Waals surface area contributed by atoms with Crippen LogP contribution in [0.5, 0.6) is 0 Å². The summed E-state index contributed by atoms with van der Waals surface area (Å²) < 4.78 is 13.2. The van der Waals surface area contributed by atoms with Crippen LogP contribution in [0.2, 0.25) is 5.02 Å². The molecule has 4 nitrogen and oxygen atoms in total. The number of carbonyl (C=O) groups excluding carboxylic acids is 1. The molecule has 0 radical (unpaired) electrons. The number of rotatable bonds is 5. The molecule has 0 spiro atoms. The van der Waals surface area contributed by atoms with Crippen molar-refractivity contribution in [3.8, 4) is 0 Å². The highest BCUT2D eigenvalue weighted by molar-refractivity contribution is 6.30. The second-order valence-electron chi connectivity index (χ2n) is 3.28. The van der Waals surface area contributed by atoms with Crippen LogP contribution in [0, 0.1) is 5.82 Å². The van der Waals surface area contributed by atoms with Gasteiger partial charge in [0.25, 0.3) is 0 Å². The number of carbonyl (C=O) groups is 1. The molecule has 0 aliphatic carbocycles. The number of halogens is 2. The minimum absolute atomic E-state index is 0.0265. The monoisotopic (exact) mass is 246 g/mol. The van der Waals surface area contributed by atoms with Gasteiger partial charge in [-0.2, -0.15) is 0 Å². The number of primary amides is 1. The SMILES string of the molecule is NC(=O)C(O)CNCc1cc(Cl)ccc1F. The lowest BCUT2D eigenvalue weighted by Crippen LogP contribution is -2.37. The summed E-state index contributed by atoms with van der Waals surface area (Å²) in [6.07, 6.45) is -1.28. The molecular formula is C10H12ClFN2O2. The number of nitrogens with two attached hydrogens (primary N) is 1. The Kier molecular flexibility index (Phi) is 4.67. The van der Waals surface area contributed by atoms with Crippen molar-refractivity contribution in [2.24, 2.45) is 5.73 Å². The zero-order chi connectivity index (χ0) is 12.1. The molecule has 1 rings (SSSR count). The third kappa shape index (κ3) is 3.77. The Bertz CT molecular complexity index is 387. The van der Waals surface area contributed by atoms with E-state index in [1.165, 1.54) is 18.2 Å². The number of aliphatic hydroxyl groups excluding tert-OH is 1. The van der Waals surface area contributed by atoms with Gasteiger partial charge in [-0.05, 0) is 18.2 Å². The van der Waals surface area contributed by atoms with Gasteiger partial charge in [-0.25, -0.2) is 4.39 Å². The van der Waals surface area contributed by atoms with E-state index in [0.29, 0.717) is 10.6 Å². The first-order valence-electron chi connectivity index (χ1n) is 4.62. The highest BCUT2D eigenvalue weighted by atomic mass is 35.5. The van der Waals surface area contributed by atoms with Crippen LogP contribution in [-0.4, -0.2) is 23.7 Å². The van der Waals surface area contributed by atoms with Crippen molar-refractivity contribution < 1.29 is 14.3 Å². The molecule has 0 heterocycles. The lowest BCUT2D eigenvalue weighted by Gasteiger charge is -2.09. The molecule has 1 aromatic carbocycles. The summed E-state index contributed by atoms with van der Waals surface area (Å²) >= 11 is 5.69. The lowest BCUT2D eigenvalue weighted by molar-refractivity contribution is -0.125. The van der Waals surface area contributed by atoms with Crippen molar-refractivity contribution in [2.75, 3.05) is 6.54 Å². The van der Waals surface area contributed by atoms with Gasteiger partial charge < -0.3 is 16.2 Å². The fraction of sp³-hybridized carbons (Fsp3) is 0.300. The van der Waals surface area contributed by atoms with Crippen LogP contribution in [0.4, 0.5) is 4.39 Å². The summed E-state index contributed by atoms with van der Waals surface area (Å²) in [4.78, 5) is 10.5. The Morgan fingerprint density at radius 3 is 2.94 bits per heavy atom. The molecule has 0 aliphatic rings. The fourth-order valence-corrected chi connectivity index (χ4v) is 1.32. The molecule has 0 saturated heterocycles. The number of nitrogens with one attached hydrogen (secondary N) is 1. The fourth-order valence-electron chi connectivity index (χ4n) is 1.12. The molecule has 0 saturated carbocycles. The Morgan fingerprint density at radius 1 is 1.62 bits per heavy atom. The molecule has 1 aromatic rings. The van der Waals surface area contributed by atoms with E-state index < -0.39 is 17.8 Å². The van der Waals surface area contributed by atoms with Gasteiger partial charge in [0.15, 0.2) is 0 Å². The normalized spacial score (nSPS) is 12.4. The molecule has 0 aromatic heterocycles. The van der Waals surface area contributed by atoms with E-state index in [1.807, 2.05) is 0 Å². The van der Waals surface area contributed by atoms with Crippen molar-refractivity contribution in [3.05, 3.63) is 34.6 Å². The topological polar surface area (TPSA) is 75.4 Å². The summed E-state index contributed by atoms with van der Waals surface area (Å²) in [6.45, 7) is 0.137. The van der Waals surface area contributed by atoms with Gasteiger partial charge in [-0.1, -0.05) is 11.6 Å². The summed E-state index contributed by atoms with van der Waals surface area (Å²) in [5, 5.41) is 12.2. The molecule has 0 bridgehead atoms. The first-order valence-corrected chi connectivity index (χ1v) is 5.00. The first-order chi connectivity index (χ1) is 7.50. The second kappa shape index (κ2) is 5.79. The summed E-state index contributed by atoms with van der Waals surface area (Å²) in [5.74, 6) is -1.22. The average Bonchev–Trinajstić information content (AvgIpc) is 2.22. The van der Waals surface area contributed by atoms with Crippen molar-refractivity contribution in [1.29, 1.82) is 0 Å². The van der Waals surface area contributed by atoms with Crippen LogP contribution in [-0.2, 0) is 11.3 Å². The molecule has 6 heteroatoms. The van der Waals surface area contributed by atoms with Gasteiger partial charge in [0, 0.05) is 23.7 Å². The van der Waals surface area contributed by atoms with Gasteiger partial charge in [0.1, 0.15) is 11.9 Å². The van der Waals surface area contributed by atoms with Crippen LogP contribution in [0.1, 0.15) is 5.56 Å². The average molecular weight is 247 g/mol. The quantitative estimate of drug-likeness (QED) is 0.705. The molecule has 1 atom stereocenters. The Morgan fingerprint density at radius 2 is 2.31 bits per heavy atom. The highest BCUT2D eigenvalue weighted by Gasteiger charge is 2.10. The third-order valence-corrected chi connectivity index (χ3v) is 2.22. The van der Waals surface area contributed by atoms with E-state index >= 15 is 0 Å². The van der Waals surface area contributed by atoms with Gasteiger partial charge in [0.05, 0.1) is 0 Å². The molecule has 88 valence electrons. The second-order valence-corrected chi connectivity index (χ2v) is 3.72. The van der Waals surface area contributed by atoms with Crippen LogP contribution < -0.4 is 11.1 Å². The zero-order valence-corrected chi connectivity index (χ0v) is 9.17. The summed E-state index contributed by atoms with van der Waals surface area (Å²) in [5.41, 5.74) is 5.21. The van der Waals surface area contributed by atoms with Crippen LogP contribution >= 0.6 is 11.6 Å². The van der Waals surface area contributed by atoms with Gasteiger partial charge in [0.2, 0.25) is 5.91 Å². The Balaban J connectivity index is 2.48. The van der Waals surface area contributed by atoms with Crippen molar-refractivity contribution in [2.45, 2.75) is 12.6 Å². The number of hydrogen-bond acceptors (Lipinski definition) is 3. The molecule has 0 fully saturated rings. The molecule has 1 unspecified atom stereocenters. The van der Waals surface area contributed by atoms with E-state index in [0.717, 1.165) is 0 Å². The minimum Gasteiger partial charge on any atom is -0.382 e. The zero-order valence-electron chi connectivity index (χ0n) is 8.41. The predicted molar refractivity (Wildman–Crippen MR) is 58.3 cm³/mol. The number of hydrogen-bond donors (Lipinski definition) is 3. The Labute approximate surface area is 97.2 Å². The standard InChI is InChI=1S/C10H12ClFN2O2/c11-7-1-2-8(12)6(3-7)4-14-5-9(15)10(13)16/h1-3,9,14-15H,4-5H2,(H2,13,16). The number of aliphatic hydroxyl groups is 1. The summed E-state index contributed by atoms with van der Waals surface area (Å²) in [7, 11) is 0. The largest absolute Gasteiger partial charge is 0.382 e. The van der Waals surface area contributed by atoms with Crippen molar-refractivity contribution in [1.82, 2.24) is 5.32 Å². The number of benzene rings is 1. The third-order valence-electron chi connectivity index (χ3n) is 1.99.